The third-order valence-corrected chi connectivity index (χ3v) is 2.88. The molecule has 1 heterocycles. The molecule has 1 fully saturated rings. The predicted molar refractivity (Wildman–Crippen MR) is 60.0 cm³/mol. The van der Waals surface area contributed by atoms with E-state index < -0.39 is 5.97 Å². The van der Waals surface area contributed by atoms with Crippen molar-refractivity contribution in [1.29, 1.82) is 0 Å². The lowest BCUT2D eigenvalue weighted by atomic mass is 9.88. The molecule has 1 aliphatic rings. The van der Waals surface area contributed by atoms with Crippen molar-refractivity contribution < 1.29 is 9.90 Å². The number of nitrogens with zero attached hydrogens (tertiary/aromatic N) is 2. The van der Waals surface area contributed by atoms with Crippen LogP contribution >= 0.6 is 0 Å². The number of carboxylic acids is 1. The van der Waals surface area contributed by atoms with Gasteiger partial charge < -0.3 is 14.9 Å². The van der Waals surface area contributed by atoms with E-state index in [2.05, 4.69) is 16.8 Å². The molecule has 0 aliphatic carbocycles. The standard InChI is InChI=1S/C11H22N2O2/c1-11(2,8-10(14)15)9-13-6-4-12(3)5-7-13/h4-9H2,1-3H3,(H,14,15). The van der Waals surface area contributed by atoms with E-state index in [9.17, 15) is 4.79 Å². The minimum atomic E-state index is -0.700. The average molecular weight is 214 g/mol. The Morgan fingerprint density at radius 3 is 2.27 bits per heavy atom. The van der Waals surface area contributed by atoms with Crippen LogP contribution in [0, 0.1) is 5.41 Å². The maximum atomic E-state index is 10.7. The fourth-order valence-corrected chi connectivity index (χ4v) is 2.08. The van der Waals surface area contributed by atoms with E-state index in [1.807, 2.05) is 13.8 Å². The first-order valence-electron chi connectivity index (χ1n) is 5.52. The van der Waals surface area contributed by atoms with Gasteiger partial charge in [0, 0.05) is 32.7 Å². The van der Waals surface area contributed by atoms with Crippen LogP contribution in [-0.4, -0.2) is 60.6 Å². The number of hydrogen-bond donors (Lipinski definition) is 1. The number of carboxylic acid groups (broad SMARTS) is 1. The maximum absolute atomic E-state index is 10.7. The summed E-state index contributed by atoms with van der Waals surface area (Å²) >= 11 is 0. The van der Waals surface area contributed by atoms with Crippen molar-refractivity contribution >= 4 is 5.97 Å². The number of piperazine rings is 1. The Morgan fingerprint density at radius 1 is 1.27 bits per heavy atom. The predicted octanol–water partition coefficient (Wildman–Crippen LogP) is 0.735. The van der Waals surface area contributed by atoms with Crippen LogP contribution in [0.5, 0.6) is 0 Å². The van der Waals surface area contributed by atoms with Gasteiger partial charge in [0.25, 0.3) is 0 Å². The quantitative estimate of drug-likeness (QED) is 0.749. The third-order valence-electron chi connectivity index (χ3n) is 2.88. The van der Waals surface area contributed by atoms with Gasteiger partial charge >= 0.3 is 5.97 Å². The second-order valence-corrected chi connectivity index (χ2v) is 5.31. The molecule has 4 heteroatoms. The molecule has 4 nitrogen and oxygen atoms in total. The SMILES string of the molecule is CN1CCN(CC(C)(C)CC(=O)O)CC1. The third kappa shape index (κ3) is 4.62. The highest BCUT2D eigenvalue weighted by molar-refractivity contribution is 5.67. The highest BCUT2D eigenvalue weighted by Crippen LogP contribution is 2.22. The van der Waals surface area contributed by atoms with Gasteiger partial charge in [-0.05, 0) is 12.5 Å². The molecule has 1 aliphatic heterocycles. The van der Waals surface area contributed by atoms with Gasteiger partial charge in [-0.15, -0.1) is 0 Å². The molecule has 15 heavy (non-hydrogen) atoms. The minimum absolute atomic E-state index is 0.123. The van der Waals surface area contributed by atoms with Gasteiger partial charge in [0.05, 0.1) is 6.42 Å². The van der Waals surface area contributed by atoms with E-state index in [1.54, 1.807) is 0 Å². The lowest BCUT2D eigenvalue weighted by Gasteiger charge is -2.37. The summed E-state index contributed by atoms with van der Waals surface area (Å²) in [6, 6.07) is 0. The molecule has 0 bridgehead atoms. The summed E-state index contributed by atoms with van der Waals surface area (Å²) in [7, 11) is 2.12. The number of hydrogen-bond acceptors (Lipinski definition) is 3. The number of likely N-dealkylation sites (N-methyl/N-ethyl adjacent to an activating group) is 1. The van der Waals surface area contributed by atoms with Gasteiger partial charge in [0.2, 0.25) is 0 Å². The fraction of sp³-hybridized carbons (Fsp3) is 0.909. The fourth-order valence-electron chi connectivity index (χ4n) is 2.08. The number of carbonyl (C=O) groups is 1. The molecule has 1 rings (SSSR count). The molecular formula is C11H22N2O2. The summed E-state index contributed by atoms with van der Waals surface area (Å²) in [6.45, 7) is 9.22. The molecule has 0 saturated carbocycles. The summed E-state index contributed by atoms with van der Waals surface area (Å²) in [6.07, 6.45) is 0.249. The van der Waals surface area contributed by atoms with Crippen LogP contribution in [0.4, 0.5) is 0 Å². The van der Waals surface area contributed by atoms with Gasteiger partial charge in [-0.3, -0.25) is 4.79 Å². The Hall–Kier alpha value is -0.610. The Morgan fingerprint density at radius 2 is 1.80 bits per heavy atom. The first-order chi connectivity index (χ1) is 6.89. The van der Waals surface area contributed by atoms with Crippen LogP contribution in [0.25, 0.3) is 0 Å². The van der Waals surface area contributed by atoms with Crippen LogP contribution < -0.4 is 0 Å². The van der Waals surface area contributed by atoms with Crippen LogP contribution in [0.15, 0.2) is 0 Å². The van der Waals surface area contributed by atoms with Gasteiger partial charge in [-0.1, -0.05) is 13.8 Å². The summed E-state index contributed by atoms with van der Waals surface area (Å²) in [5.41, 5.74) is -0.123. The lowest BCUT2D eigenvalue weighted by molar-refractivity contribution is -0.139. The Bertz CT molecular complexity index is 221. The topological polar surface area (TPSA) is 43.8 Å². The van der Waals surface area contributed by atoms with Crippen molar-refractivity contribution in [3.05, 3.63) is 0 Å². The molecule has 0 amide bonds. The molecule has 0 radical (unpaired) electrons. The molecule has 0 aromatic heterocycles. The van der Waals surface area contributed by atoms with E-state index in [0.717, 1.165) is 32.7 Å². The van der Waals surface area contributed by atoms with Crippen LogP contribution in [0.1, 0.15) is 20.3 Å². The number of aliphatic carboxylic acids is 1. The first-order valence-corrected chi connectivity index (χ1v) is 5.52. The van der Waals surface area contributed by atoms with E-state index in [0.29, 0.717) is 0 Å². The second-order valence-electron chi connectivity index (χ2n) is 5.31. The normalized spacial score (nSPS) is 20.5. The van der Waals surface area contributed by atoms with Crippen molar-refractivity contribution in [3.8, 4) is 0 Å². The molecule has 0 spiro atoms. The highest BCUT2D eigenvalue weighted by Gasteiger charge is 2.26. The van der Waals surface area contributed by atoms with Crippen LogP contribution in [0.3, 0.4) is 0 Å². The van der Waals surface area contributed by atoms with Crippen molar-refractivity contribution in [2.75, 3.05) is 39.8 Å². The van der Waals surface area contributed by atoms with Gasteiger partial charge in [0.1, 0.15) is 0 Å². The largest absolute Gasteiger partial charge is 0.481 e. The molecule has 0 unspecified atom stereocenters. The van der Waals surface area contributed by atoms with Gasteiger partial charge in [0.15, 0.2) is 0 Å². The maximum Gasteiger partial charge on any atom is 0.303 e. The first kappa shape index (κ1) is 12.5. The molecule has 0 aromatic carbocycles. The molecule has 88 valence electrons. The zero-order valence-electron chi connectivity index (χ0n) is 9.99. The molecular weight excluding hydrogens is 192 g/mol. The summed E-state index contributed by atoms with van der Waals surface area (Å²) < 4.78 is 0. The van der Waals surface area contributed by atoms with E-state index in [1.165, 1.54) is 0 Å². The zero-order valence-corrected chi connectivity index (χ0v) is 9.99. The van der Waals surface area contributed by atoms with Crippen LogP contribution in [-0.2, 0) is 4.79 Å². The van der Waals surface area contributed by atoms with Crippen molar-refractivity contribution in [1.82, 2.24) is 9.80 Å². The molecule has 0 atom stereocenters. The van der Waals surface area contributed by atoms with Crippen molar-refractivity contribution in [3.63, 3.8) is 0 Å². The molecule has 0 aromatic rings. The van der Waals surface area contributed by atoms with Crippen molar-refractivity contribution in [2.24, 2.45) is 5.41 Å². The van der Waals surface area contributed by atoms with Gasteiger partial charge in [-0.2, -0.15) is 0 Å². The Labute approximate surface area is 91.9 Å². The van der Waals surface area contributed by atoms with E-state index in [4.69, 9.17) is 5.11 Å². The second kappa shape index (κ2) is 4.94. The minimum Gasteiger partial charge on any atom is -0.481 e. The van der Waals surface area contributed by atoms with Crippen molar-refractivity contribution in [2.45, 2.75) is 20.3 Å². The van der Waals surface area contributed by atoms with E-state index >= 15 is 0 Å². The summed E-state index contributed by atoms with van der Waals surface area (Å²) in [5.74, 6) is -0.700. The summed E-state index contributed by atoms with van der Waals surface area (Å²) in [4.78, 5) is 15.4. The smallest absolute Gasteiger partial charge is 0.303 e. The monoisotopic (exact) mass is 214 g/mol. The highest BCUT2D eigenvalue weighted by atomic mass is 16.4. The molecule has 1 N–H and O–H groups in total. The summed E-state index contributed by atoms with van der Waals surface area (Å²) in [5, 5.41) is 8.79. The van der Waals surface area contributed by atoms with E-state index in [-0.39, 0.29) is 11.8 Å². The zero-order chi connectivity index (χ0) is 11.5. The Kier molecular flexibility index (Phi) is 4.11. The Balaban J connectivity index is 2.36. The molecule has 1 saturated heterocycles. The lowest BCUT2D eigenvalue weighted by Crippen LogP contribution is -2.47. The number of rotatable bonds is 4. The van der Waals surface area contributed by atoms with Gasteiger partial charge in [-0.25, -0.2) is 0 Å². The van der Waals surface area contributed by atoms with Crippen LogP contribution in [0.2, 0.25) is 0 Å². The average Bonchev–Trinajstić information content (AvgIpc) is 2.06.